The normalized spacial score (nSPS) is 18.1. The van der Waals surface area contributed by atoms with E-state index in [1.54, 1.807) is 19.9 Å². The number of thioether (sulfide) groups is 1. The van der Waals surface area contributed by atoms with Crippen molar-refractivity contribution in [2.45, 2.75) is 73.8 Å². The molecule has 0 amide bonds. The van der Waals surface area contributed by atoms with Crippen LogP contribution < -0.4 is 26.9 Å². The van der Waals surface area contributed by atoms with Gasteiger partial charge in [-0.15, -0.1) is 11.8 Å². The molecule has 1 saturated carbocycles. The SMILES string of the molecule is CC(C)=CCN1c2c(n(C)c(=O)n(CCS(=O)(=O)c3ccc(Cl)cc3)c2=O)N(OC(=O)C(F)(F)F)C1SC1(CN)CCCCC1. The lowest BCUT2D eigenvalue weighted by Crippen LogP contribution is -2.49. The fourth-order valence-corrected chi connectivity index (χ4v) is 8.31. The van der Waals surface area contributed by atoms with Crippen LogP contribution in [0, 0.1) is 0 Å². The van der Waals surface area contributed by atoms with Crippen LogP contribution in [0.5, 0.6) is 0 Å². The van der Waals surface area contributed by atoms with Gasteiger partial charge in [0, 0.05) is 36.5 Å². The summed E-state index contributed by atoms with van der Waals surface area (Å²) in [5.74, 6) is -3.51. The minimum Gasteiger partial charge on any atom is -0.329 e. The molecule has 17 heteroatoms. The highest BCUT2D eigenvalue weighted by atomic mass is 35.5. The van der Waals surface area contributed by atoms with Crippen molar-refractivity contribution in [2.75, 3.05) is 28.8 Å². The highest BCUT2D eigenvalue weighted by Gasteiger charge is 2.51. The molecule has 1 unspecified atom stereocenters. The van der Waals surface area contributed by atoms with Gasteiger partial charge in [0.05, 0.1) is 10.6 Å². The molecule has 2 aromatic rings. The van der Waals surface area contributed by atoms with Crippen molar-refractivity contribution in [3.63, 3.8) is 0 Å². The van der Waals surface area contributed by atoms with Crippen LogP contribution in [0.15, 0.2) is 50.4 Å². The average Bonchev–Trinajstić information content (AvgIpc) is 3.27. The molecule has 45 heavy (non-hydrogen) atoms. The lowest BCUT2D eigenvalue weighted by molar-refractivity contribution is -0.201. The molecular weight excluding hydrogens is 659 g/mol. The topological polar surface area (TPSA) is 137 Å². The van der Waals surface area contributed by atoms with Gasteiger partial charge in [-0.25, -0.2) is 18.0 Å². The summed E-state index contributed by atoms with van der Waals surface area (Å²) in [6, 6.07) is 5.39. The lowest BCUT2D eigenvalue weighted by atomic mass is 9.88. The minimum atomic E-state index is -5.37. The average molecular weight is 694 g/mol. The van der Waals surface area contributed by atoms with Crippen LogP contribution >= 0.6 is 23.4 Å². The number of allylic oxidation sites excluding steroid dienone is 1. The summed E-state index contributed by atoms with van der Waals surface area (Å²) >= 11 is 7.05. The summed E-state index contributed by atoms with van der Waals surface area (Å²) in [5.41, 5.74) is 3.68. The summed E-state index contributed by atoms with van der Waals surface area (Å²) in [7, 11) is -2.75. The van der Waals surface area contributed by atoms with Crippen LogP contribution in [-0.2, 0) is 33.1 Å². The first-order chi connectivity index (χ1) is 21.0. The number of sulfone groups is 1. The maximum atomic E-state index is 14.1. The number of halogens is 4. The van der Waals surface area contributed by atoms with Gasteiger partial charge >= 0.3 is 17.8 Å². The van der Waals surface area contributed by atoms with Crippen molar-refractivity contribution in [1.29, 1.82) is 0 Å². The van der Waals surface area contributed by atoms with E-state index in [4.69, 9.17) is 22.2 Å². The molecule has 1 atom stereocenters. The summed E-state index contributed by atoms with van der Waals surface area (Å²) in [6.45, 7) is 3.22. The molecule has 0 radical (unpaired) electrons. The number of aromatic nitrogens is 2. The molecular formula is C28H35ClF3N5O6S2. The van der Waals surface area contributed by atoms with E-state index >= 15 is 0 Å². The van der Waals surface area contributed by atoms with Gasteiger partial charge in [-0.2, -0.15) is 18.2 Å². The van der Waals surface area contributed by atoms with E-state index in [-0.39, 0.29) is 29.5 Å². The number of hydroxylamine groups is 1. The van der Waals surface area contributed by atoms with Gasteiger partial charge in [0.15, 0.2) is 26.8 Å². The number of anilines is 2. The summed E-state index contributed by atoms with van der Waals surface area (Å²) in [6.07, 6.45) is 0.264. The lowest BCUT2D eigenvalue weighted by Gasteiger charge is -2.41. The molecule has 0 bridgehead atoms. The maximum Gasteiger partial charge on any atom is 0.493 e. The number of alkyl halides is 3. The Morgan fingerprint density at radius 2 is 1.78 bits per heavy atom. The Kier molecular flexibility index (Phi) is 10.4. The smallest absolute Gasteiger partial charge is 0.329 e. The second-order valence-corrected chi connectivity index (χ2v) is 15.3. The number of carbonyl (C=O) groups is 1. The van der Waals surface area contributed by atoms with Crippen LogP contribution in [0.3, 0.4) is 0 Å². The van der Waals surface area contributed by atoms with Gasteiger partial charge in [-0.1, -0.05) is 42.5 Å². The number of nitrogens with two attached hydrogens (primary N) is 1. The first kappa shape index (κ1) is 34.9. The fourth-order valence-electron chi connectivity index (χ4n) is 5.35. The van der Waals surface area contributed by atoms with Gasteiger partial charge in [0.25, 0.3) is 5.56 Å². The molecule has 1 aliphatic heterocycles. The van der Waals surface area contributed by atoms with Gasteiger partial charge in [0.2, 0.25) is 0 Å². The molecule has 2 aliphatic rings. The Morgan fingerprint density at radius 3 is 2.33 bits per heavy atom. The predicted octanol–water partition coefficient (Wildman–Crippen LogP) is 3.97. The molecule has 0 saturated heterocycles. The molecule has 1 aromatic carbocycles. The zero-order valence-corrected chi connectivity index (χ0v) is 27.4. The molecule has 2 heterocycles. The Labute approximate surface area is 267 Å². The maximum absolute atomic E-state index is 14.1. The standard InChI is InChI=1S/C28H35ClF3N5O6S2/c1-18(2)11-14-35-21-22(37(43-24(39)28(30,31)32)26(35)44-27(17-33)12-5-4-6-13-27)34(3)25(40)36(23(21)38)15-16-45(41,42)20-9-7-19(29)8-10-20/h7-11,26H,4-6,12-17,33H2,1-3H3. The zero-order valence-electron chi connectivity index (χ0n) is 25.0. The number of nitrogens with zero attached hydrogens (tertiary/aromatic N) is 4. The minimum absolute atomic E-state index is 0.00420. The van der Waals surface area contributed by atoms with Crippen LogP contribution in [0.2, 0.25) is 5.02 Å². The third-order valence-electron chi connectivity index (χ3n) is 7.82. The second-order valence-electron chi connectivity index (χ2n) is 11.3. The summed E-state index contributed by atoms with van der Waals surface area (Å²) in [5, 5.41) is 0.986. The molecule has 11 nitrogen and oxygen atoms in total. The predicted molar refractivity (Wildman–Crippen MR) is 167 cm³/mol. The molecule has 1 aliphatic carbocycles. The van der Waals surface area contributed by atoms with Gasteiger partial charge in [0.1, 0.15) is 0 Å². The van der Waals surface area contributed by atoms with Crippen molar-refractivity contribution >= 4 is 50.7 Å². The van der Waals surface area contributed by atoms with Crippen LogP contribution in [0.25, 0.3) is 0 Å². The van der Waals surface area contributed by atoms with Crippen molar-refractivity contribution in [1.82, 2.24) is 9.13 Å². The van der Waals surface area contributed by atoms with Crippen molar-refractivity contribution < 1.29 is 31.2 Å². The molecule has 248 valence electrons. The number of hydrogen-bond donors (Lipinski definition) is 1. The molecule has 1 fully saturated rings. The Morgan fingerprint density at radius 1 is 1.16 bits per heavy atom. The number of carbonyl (C=O) groups excluding carboxylic acids is 1. The van der Waals surface area contributed by atoms with Crippen LogP contribution in [-0.4, -0.2) is 58.8 Å². The highest BCUT2D eigenvalue weighted by Crippen LogP contribution is 2.49. The fraction of sp³-hybridized carbons (Fsp3) is 0.536. The largest absolute Gasteiger partial charge is 0.493 e. The summed E-state index contributed by atoms with van der Waals surface area (Å²) in [4.78, 5) is 46.1. The van der Waals surface area contributed by atoms with E-state index < -0.39 is 55.8 Å². The molecule has 1 aromatic heterocycles. The molecule has 2 N–H and O–H groups in total. The van der Waals surface area contributed by atoms with E-state index in [0.29, 0.717) is 22.9 Å². The van der Waals surface area contributed by atoms with Gasteiger partial charge in [-0.3, -0.25) is 13.9 Å². The number of fused-ring (bicyclic) bond motifs is 1. The van der Waals surface area contributed by atoms with E-state index in [1.165, 1.54) is 48.0 Å². The Hall–Kier alpha value is -2.95. The quantitative estimate of drug-likeness (QED) is 0.364. The molecule has 4 rings (SSSR count). The van der Waals surface area contributed by atoms with Crippen molar-refractivity contribution in [3.05, 3.63) is 61.8 Å². The highest BCUT2D eigenvalue weighted by molar-refractivity contribution is 8.01. The Balaban J connectivity index is 1.86. The van der Waals surface area contributed by atoms with Gasteiger partial charge in [-0.05, 0) is 51.0 Å². The first-order valence-electron chi connectivity index (χ1n) is 14.2. The third-order valence-corrected chi connectivity index (χ3v) is 11.5. The van der Waals surface area contributed by atoms with Gasteiger partial charge < -0.3 is 15.5 Å². The monoisotopic (exact) mass is 693 g/mol. The Bertz CT molecular complexity index is 1680. The number of rotatable bonds is 10. The van der Waals surface area contributed by atoms with E-state index in [9.17, 15) is 36.0 Å². The van der Waals surface area contributed by atoms with Crippen LogP contribution in [0.1, 0.15) is 46.0 Å². The molecule has 0 spiro atoms. The summed E-state index contributed by atoms with van der Waals surface area (Å²) < 4.78 is 67.6. The van der Waals surface area contributed by atoms with Crippen molar-refractivity contribution in [3.8, 4) is 0 Å². The van der Waals surface area contributed by atoms with E-state index in [0.717, 1.165) is 34.0 Å². The number of benzene rings is 1. The first-order valence-corrected chi connectivity index (χ1v) is 17.1. The van der Waals surface area contributed by atoms with Crippen LogP contribution in [0.4, 0.5) is 24.7 Å². The zero-order chi connectivity index (χ0) is 33.3. The second kappa shape index (κ2) is 13.4. The van der Waals surface area contributed by atoms with E-state index in [1.807, 2.05) is 0 Å². The third kappa shape index (κ3) is 7.39. The number of hydrogen-bond acceptors (Lipinski definition) is 10. The van der Waals surface area contributed by atoms with Crippen molar-refractivity contribution in [2.24, 2.45) is 12.8 Å². The van der Waals surface area contributed by atoms with E-state index in [2.05, 4.69) is 0 Å².